The van der Waals surface area contributed by atoms with Gasteiger partial charge in [-0.25, -0.2) is 0 Å². The molecule has 0 fully saturated rings. The van der Waals surface area contributed by atoms with Crippen molar-refractivity contribution < 1.29 is 0 Å². The van der Waals surface area contributed by atoms with Gasteiger partial charge in [-0.3, -0.25) is 0 Å². The van der Waals surface area contributed by atoms with E-state index >= 15 is 0 Å². The van der Waals surface area contributed by atoms with Crippen molar-refractivity contribution in [2.45, 2.75) is 19.9 Å². The van der Waals surface area contributed by atoms with Crippen molar-refractivity contribution in [2.75, 3.05) is 6.54 Å². The fourth-order valence-corrected chi connectivity index (χ4v) is 1.80. The smallest absolute Gasteiger partial charge is 0.0465 e. The van der Waals surface area contributed by atoms with Crippen LogP contribution in [0.4, 0.5) is 0 Å². The highest BCUT2D eigenvalue weighted by atomic mass is 35.5. The van der Waals surface area contributed by atoms with Gasteiger partial charge in [0.2, 0.25) is 0 Å². The summed E-state index contributed by atoms with van der Waals surface area (Å²) in [7, 11) is 0. The Bertz CT molecular complexity index is 314. The fraction of sp³-hybridized carbons (Fsp3) is 0.333. The third-order valence-electron chi connectivity index (χ3n) is 2.09. The van der Waals surface area contributed by atoms with E-state index in [2.05, 4.69) is 11.4 Å². The van der Waals surface area contributed by atoms with E-state index in [1.165, 1.54) is 0 Å². The van der Waals surface area contributed by atoms with Crippen molar-refractivity contribution >= 4 is 23.2 Å². The van der Waals surface area contributed by atoms with Crippen molar-refractivity contribution in [3.8, 4) is 0 Å². The molecule has 0 amide bonds. The van der Waals surface area contributed by atoms with Crippen LogP contribution in [0.3, 0.4) is 0 Å². The second-order valence-electron chi connectivity index (χ2n) is 3.23. The SMILES string of the molecule is C/C=C/CCNCc1c(Cl)cccc1Cl. The lowest BCUT2D eigenvalue weighted by molar-refractivity contribution is 0.695. The normalized spacial score (nSPS) is 11.1. The van der Waals surface area contributed by atoms with E-state index in [9.17, 15) is 0 Å². The highest BCUT2D eigenvalue weighted by molar-refractivity contribution is 6.35. The molecule has 0 radical (unpaired) electrons. The highest BCUT2D eigenvalue weighted by Crippen LogP contribution is 2.23. The van der Waals surface area contributed by atoms with Crippen LogP contribution in [0.5, 0.6) is 0 Å². The zero-order valence-corrected chi connectivity index (χ0v) is 10.3. The highest BCUT2D eigenvalue weighted by Gasteiger charge is 2.03. The molecule has 0 atom stereocenters. The molecule has 1 aromatic carbocycles. The van der Waals surface area contributed by atoms with Gasteiger partial charge in [0.1, 0.15) is 0 Å². The van der Waals surface area contributed by atoms with Crippen molar-refractivity contribution in [3.63, 3.8) is 0 Å². The van der Waals surface area contributed by atoms with Crippen molar-refractivity contribution in [2.24, 2.45) is 0 Å². The van der Waals surface area contributed by atoms with Gasteiger partial charge < -0.3 is 5.32 Å². The first-order valence-corrected chi connectivity index (χ1v) is 5.76. The molecule has 0 unspecified atom stereocenters. The molecule has 0 saturated heterocycles. The summed E-state index contributed by atoms with van der Waals surface area (Å²) in [5.41, 5.74) is 0.973. The van der Waals surface area contributed by atoms with Gasteiger partial charge in [0.15, 0.2) is 0 Å². The summed E-state index contributed by atoms with van der Waals surface area (Å²) in [6.45, 7) is 3.67. The first-order chi connectivity index (χ1) is 7.25. The lowest BCUT2D eigenvalue weighted by Gasteiger charge is -2.07. The third kappa shape index (κ3) is 4.25. The van der Waals surface area contributed by atoms with E-state index in [0.717, 1.165) is 35.1 Å². The summed E-state index contributed by atoms with van der Waals surface area (Å²) in [6.07, 6.45) is 5.20. The average Bonchev–Trinajstić information content (AvgIpc) is 2.21. The van der Waals surface area contributed by atoms with Gasteiger partial charge in [-0.1, -0.05) is 41.4 Å². The van der Waals surface area contributed by atoms with Crippen molar-refractivity contribution in [3.05, 3.63) is 46.0 Å². The second-order valence-corrected chi connectivity index (χ2v) is 4.05. The minimum Gasteiger partial charge on any atom is -0.312 e. The summed E-state index contributed by atoms with van der Waals surface area (Å²) < 4.78 is 0. The number of benzene rings is 1. The minimum atomic E-state index is 0.718. The van der Waals surface area contributed by atoms with Crippen LogP contribution in [0.25, 0.3) is 0 Å². The number of rotatable bonds is 5. The van der Waals surface area contributed by atoms with Crippen molar-refractivity contribution in [1.29, 1.82) is 0 Å². The Morgan fingerprint density at radius 1 is 1.27 bits per heavy atom. The quantitative estimate of drug-likeness (QED) is 0.608. The molecule has 1 aromatic rings. The first-order valence-electron chi connectivity index (χ1n) is 5.00. The Balaban J connectivity index is 2.43. The molecule has 15 heavy (non-hydrogen) atoms. The topological polar surface area (TPSA) is 12.0 Å². The lowest BCUT2D eigenvalue weighted by Crippen LogP contribution is -2.14. The zero-order chi connectivity index (χ0) is 11.1. The Hall–Kier alpha value is -0.500. The van der Waals surface area contributed by atoms with Gasteiger partial charge in [-0.05, 0) is 32.0 Å². The summed E-state index contributed by atoms with van der Waals surface area (Å²) >= 11 is 12.1. The standard InChI is InChI=1S/C12H15Cl2N/c1-2-3-4-8-15-9-10-11(13)6-5-7-12(10)14/h2-3,5-7,15H,4,8-9H2,1H3/b3-2+. The van der Waals surface area contributed by atoms with Crippen molar-refractivity contribution in [1.82, 2.24) is 5.32 Å². The third-order valence-corrected chi connectivity index (χ3v) is 2.80. The maximum Gasteiger partial charge on any atom is 0.0465 e. The molecule has 0 aliphatic rings. The molecular weight excluding hydrogens is 229 g/mol. The maximum atomic E-state index is 6.03. The van der Waals surface area contributed by atoms with Crippen LogP contribution >= 0.6 is 23.2 Å². The second kappa shape index (κ2) is 6.89. The lowest BCUT2D eigenvalue weighted by atomic mass is 10.2. The first kappa shape index (κ1) is 12.6. The minimum absolute atomic E-state index is 0.718. The van der Waals surface area contributed by atoms with Crippen LogP contribution in [-0.4, -0.2) is 6.54 Å². The van der Waals surface area contributed by atoms with E-state index in [-0.39, 0.29) is 0 Å². The molecule has 0 aromatic heterocycles. The molecule has 0 saturated carbocycles. The number of nitrogens with one attached hydrogen (secondary N) is 1. The molecule has 0 bridgehead atoms. The Morgan fingerprint density at radius 3 is 2.53 bits per heavy atom. The van der Waals surface area contributed by atoms with Gasteiger partial charge in [-0.15, -0.1) is 0 Å². The molecule has 82 valence electrons. The van der Waals surface area contributed by atoms with Crippen LogP contribution in [0, 0.1) is 0 Å². The van der Waals surface area contributed by atoms with Gasteiger partial charge in [0.25, 0.3) is 0 Å². The van der Waals surface area contributed by atoms with E-state index < -0.39 is 0 Å². The average molecular weight is 244 g/mol. The summed E-state index contributed by atoms with van der Waals surface area (Å²) in [5.74, 6) is 0. The number of halogens is 2. The fourth-order valence-electron chi connectivity index (χ4n) is 1.27. The van der Waals surface area contributed by atoms with E-state index in [1.807, 2.05) is 31.2 Å². The van der Waals surface area contributed by atoms with Crippen LogP contribution < -0.4 is 5.32 Å². The summed E-state index contributed by atoms with van der Waals surface area (Å²) in [6, 6.07) is 5.57. The molecular formula is C12H15Cl2N. The summed E-state index contributed by atoms with van der Waals surface area (Å²) in [4.78, 5) is 0. The van der Waals surface area contributed by atoms with Crippen LogP contribution in [-0.2, 0) is 6.54 Å². The number of allylic oxidation sites excluding steroid dienone is 1. The number of hydrogen-bond donors (Lipinski definition) is 1. The van der Waals surface area contributed by atoms with E-state index in [0.29, 0.717) is 0 Å². The van der Waals surface area contributed by atoms with Gasteiger partial charge in [0, 0.05) is 22.2 Å². The summed E-state index contributed by atoms with van der Waals surface area (Å²) in [5, 5.41) is 4.74. The molecule has 1 nitrogen and oxygen atoms in total. The molecule has 1 N–H and O–H groups in total. The van der Waals surface area contributed by atoms with E-state index in [1.54, 1.807) is 0 Å². The number of hydrogen-bond acceptors (Lipinski definition) is 1. The molecule has 0 spiro atoms. The predicted octanol–water partition coefficient (Wildman–Crippen LogP) is 4.05. The van der Waals surface area contributed by atoms with Gasteiger partial charge >= 0.3 is 0 Å². The van der Waals surface area contributed by atoms with Crippen LogP contribution in [0.2, 0.25) is 10.0 Å². The maximum absolute atomic E-state index is 6.03. The van der Waals surface area contributed by atoms with E-state index in [4.69, 9.17) is 23.2 Å². The van der Waals surface area contributed by atoms with Gasteiger partial charge in [-0.2, -0.15) is 0 Å². The molecule has 0 aliphatic heterocycles. The van der Waals surface area contributed by atoms with Crippen LogP contribution in [0.1, 0.15) is 18.9 Å². The Kier molecular flexibility index (Phi) is 5.77. The molecule has 1 rings (SSSR count). The largest absolute Gasteiger partial charge is 0.312 e. The van der Waals surface area contributed by atoms with Gasteiger partial charge in [0.05, 0.1) is 0 Å². The molecule has 0 aliphatic carbocycles. The predicted molar refractivity (Wildman–Crippen MR) is 67.6 cm³/mol. The Morgan fingerprint density at radius 2 is 1.93 bits per heavy atom. The zero-order valence-electron chi connectivity index (χ0n) is 8.76. The Labute approximate surface area is 101 Å². The van der Waals surface area contributed by atoms with Crippen LogP contribution in [0.15, 0.2) is 30.4 Å². The molecule has 0 heterocycles. The molecule has 3 heteroatoms. The monoisotopic (exact) mass is 243 g/mol.